The molecule has 0 atom stereocenters. The number of nitrogens with zero attached hydrogens (tertiary/aromatic N) is 3. The lowest BCUT2D eigenvalue weighted by Crippen LogP contribution is -2.46. The van der Waals surface area contributed by atoms with Gasteiger partial charge in [0.2, 0.25) is 0 Å². The summed E-state index contributed by atoms with van der Waals surface area (Å²) in [7, 11) is 0. The number of nitrogens with one attached hydrogen (secondary N) is 1. The van der Waals surface area contributed by atoms with Crippen molar-refractivity contribution in [3.05, 3.63) is 52.8 Å². The fourth-order valence-corrected chi connectivity index (χ4v) is 2.68. The van der Waals surface area contributed by atoms with Crippen LogP contribution in [-0.2, 0) is 13.1 Å². The number of imidazole rings is 1. The molecule has 1 heterocycles. The predicted octanol–water partition coefficient (Wildman–Crippen LogP) is 4.05. The Morgan fingerprint density at radius 2 is 2.08 bits per heavy atom. The molecule has 1 aromatic carbocycles. The summed E-state index contributed by atoms with van der Waals surface area (Å²) in [6, 6.07) is 4.52. The lowest BCUT2D eigenvalue weighted by molar-refractivity contribution is 0.174. The quantitative estimate of drug-likeness (QED) is 0.838. The molecule has 0 aliphatic carbocycles. The topological polar surface area (TPSA) is 50.2 Å². The number of aromatic nitrogens is 2. The molecule has 0 saturated heterocycles. The zero-order chi connectivity index (χ0) is 18.6. The van der Waals surface area contributed by atoms with E-state index in [4.69, 9.17) is 11.6 Å². The molecule has 0 spiro atoms. The highest BCUT2D eigenvalue weighted by Gasteiger charge is 2.20. The van der Waals surface area contributed by atoms with Crippen LogP contribution >= 0.6 is 11.6 Å². The summed E-state index contributed by atoms with van der Waals surface area (Å²) in [6.07, 6.45) is 3.40. The van der Waals surface area contributed by atoms with E-state index in [0.29, 0.717) is 23.0 Å². The van der Waals surface area contributed by atoms with Gasteiger partial charge in [-0.05, 0) is 39.8 Å². The van der Waals surface area contributed by atoms with Crippen LogP contribution in [0.3, 0.4) is 0 Å². The van der Waals surface area contributed by atoms with Gasteiger partial charge in [-0.25, -0.2) is 14.2 Å². The molecule has 1 aromatic heterocycles. The highest BCUT2D eigenvalue weighted by molar-refractivity contribution is 6.31. The summed E-state index contributed by atoms with van der Waals surface area (Å²) < 4.78 is 15.9. The van der Waals surface area contributed by atoms with E-state index in [0.717, 1.165) is 0 Å². The molecule has 2 amide bonds. The van der Waals surface area contributed by atoms with Gasteiger partial charge in [-0.1, -0.05) is 17.7 Å². The van der Waals surface area contributed by atoms with Gasteiger partial charge in [0, 0.05) is 35.1 Å². The molecule has 0 saturated carbocycles. The number of hydrogen-bond acceptors (Lipinski definition) is 2. The third-order valence-electron chi connectivity index (χ3n) is 3.80. The number of urea groups is 1. The van der Waals surface area contributed by atoms with Crippen LogP contribution in [0.15, 0.2) is 30.6 Å². The van der Waals surface area contributed by atoms with Crippen LogP contribution in [0.1, 0.15) is 39.1 Å². The summed E-state index contributed by atoms with van der Waals surface area (Å²) in [5, 5.41) is 3.27. The maximum atomic E-state index is 14.0. The SMILES string of the molecule is CC(C)NC(=O)N(Cc1nccn1Cc1c(F)cccc1Cl)C(C)C. The summed E-state index contributed by atoms with van der Waals surface area (Å²) in [5.41, 5.74) is 0.408. The van der Waals surface area contributed by atoms with Crippen molar-refractivity contribution in [2.75, 3.05) is 0 Å². The number of hydrogen-bond donors (Lipinski definition) is 1. The summed E-state index contributed by atoms with van der Waals surface area (Å²) in [6.45, 7) is 8.31. The van der Waals surface area contributed by atoms with Gasteiger partial charge < -0.3 is 14.8 Å². The molecule has 25 heavy (non-hydrogen) atoms. The van der Waals surface area contributed by atoms with Crippen molar-refractivity contribution in [1.29, 1.82) is 0 Å². The Kier molecular flexibility index (Phi) is 6.42. The van der Waals surface area contributed by atoms with E-state index in [1.807, 2.05) is 32.3 Å². The summed E-state index contributed by atoms with van der Waals surface area (Å²) >= 11 is 6.11. The molecule has 1 N–H and O–H groups in total. The monoisotopic (exact) mass is 366 g/mol. The van der Waals surface area contributed by atoms with Crippen LogP contribution in [-0.4, -0.2) is 32.6 Å². The summed E-state index contributed by atoms with van der Waals surface area (Å²) in [5.74, 6) is 0.317. The second kappa shape index (κ2) is 8.34. The average Bonchev–Trinajstić information content (AvgIpc) is 2.94. The van der Waals surface area contributed by atoms with E-state index in [-0.39, 0.29) is 30.5 Å². The molecular weight excluding hydrogens is 343 g/mol. The molecule has 0 aliphatic heterocycles. The van der Waals surface area contributed by atoms with Crippen LogP contribution in [0.25, 0.3) is 0 Å². The molecule has 7 heteroatoms. The first-order valence-electron chi connectivity index (χ1n) is 8.29. The minimum absolute atomic E-state index is 0.000879. The number of benzene rings is 1. The molecular formula is C18H24ClFN4O. The van der Waals surface area contributed by atoms with Gasteiger partial charge in [-0.3, -0.25) is 0 Å². The molecule has 136 valence electrons. The Morgan fingerprint density at radius 1 is 1.36 bits per heavy atom. The number of amides is 2. The van der Waals surface area contributed by atoms with Gasteiger partial charge in [-0.2, -0.15) is 0 Å². The van der Waals surface area contributed by atoms with Crippen LogP contribution in [0, 0.1) is 5.82 Å². The third-order valence-corrected chi connectivity index (χ3v) is 4.15. The third kappa shape index (κ3) is 4.95. The Balaban J connectivity index is 2.21. The van der Waals surface area contributed by atoms with E-state index in [9.17, 15) is 9.18 Å². The highest BCUT2D eigenvalue weighted by Crippen LogP contribution is 2.21. The van der Waals surface area contributed by atoms with E-state index in [1.165, 1.54) is 6.07 Å². The Hall–Kier alpha value is -2.08. The molecule has 5 nitrogen and oxygen atoms in total. The first kappa shape index (κ1) is 19.2. The number of halogens is 2. The van der Waals surface area contributed by atoms with Gasteiger partial charge in [0.05, 0.1) is 13.1 Å². The van der Waals surface area contributed by atoms with Crippen molar-refractivity contribution in [3.8, 4) is 0 Å². The van der Waals surface area contributed by atoms with Gasteiger partial charge >= 0.3 is 6.03 Å². The van der Waals surface area contributed by atoms with Crippen LogP contribution < -0.4 is 5.32 Å². The standard InChI is InChI=1S/C18H24ClFN4O/c1-12(2)22-18(25)24(13(3)4)11-17-21-8-9-23(17)10-14-15(19)6-5-7-16(14)20/h5-9,12-13H,10-11H2,1-4H3,(H,22,25). The Labute approximate surface area is 152 Å². The first-order valence-corrected chi connectivity index (χ1v) is 8.67. The number of carbonyl (C=O) groups is 1. The van der Waals surface area contributed by atoms with Crippen LogP contribution in [0.5, 0.6) is 0 Å². The average molecular weight is 367 g/mol. The van der Waals surface area contributed by atoms with Gasteiger partial charge in [0.25, 0.3) is 0 Å². The second-order valence-electron chi connectivity index (χ2n) is 6.50. The molecule has 2 aromatic rings. The number of rotatable bonds is 6. The second-order valence-corrected chi connectivity index (χ2v) is 6.90. The van der Waals surface area contributed by atoms with Gasteiger partial charge in [0.1, 0.15) is 11.6 Å². The first-order chi connectivity index (χ1) is 11.8. The smallest absolute Gasteiger partial charge is 0.318 e. The Morgan fingerprint density at radius 3 is 2.68 bits per heavy atom. The minimum Gasteiger partial charge on any atom is -0.336 e. The van der Waals surface area contributed by atoms with Crippen molar-refractivity contribution in [2.24, 2.45) is 0 Å². The molecule has 2 rings (SSSR count). The van der Waals surface area contributed by atoms with Crippen LogP contribution in [0.2, 0.25) is 5.02 Å². The normalized spacial score (nSPS) is 11.2. The maximum absolute atomic E-state index is 14.0. The minimum atomic E-state index is -0.356. The zero-order valence-electron chi connectivity index (χ0n) is 15.0. The maximum Gasteiger partial charge on any atom is 0.318 e. The number of carbonyl (C=O) groups excluding carboxylic acids is 1. The predicted molar refractivity (Wildman–Crippen MR) is 97.1 cm³/mol. The van der Waals surface area contributed by atoms with E-state index >= 15 is 0 Å². The van der Waals surface area contributed by atoms with Crippen molar-refractivity contribution < 1.29 is 9.18 Å². The van der Waals surface area contributed by atoms with Crippen molar-refractivity contribution in [1.82, 2.24) is 19.8 Å². The Bertz CT molecular complexity index is 709. The fraction of sp³-hybridized carbons (Fsp3) is 0.444. The summed E-state index contributed by atoms with van der Waals surface area (Å²) in [4.78, 5) is 18.4. The molecule has 0 unspecified atom stereocenters. The van der Waals surface area contributed by atoms with Crippen LogP contribution in [0.4, 0.5) is 9.18 Å². The zero-order valence-corrected chi connectivity index (χ0v) is 15.7. The van der Waals surface area contributed by atoms with Gasteiger partial charge in [0.15, 0.2) is 0 Å². The molecule has 0 radical (unpaired) electrons. The van der Waals surface area contributed by atoms with Crippen molar-refractivity contribution >= 4 is 17.6 Å². The van der Waals surface area contributed by atoms with Crippen molar-refractivity contribution in [3.63, 3.8) is 0 Å². The molecule has 0 aliphatic rings. The largest absolute Gasteiger partial charge is 0.336 e. The molecule has 0 bridgehead atoms. The molecule has 0 fully saturated rings. The van der Waals surface area contributed by atoms with Gasteiger partial charge in [-0.15, -0.1) is 0 Å². The highest BCUT2D eigenvalue weighted by atomic mass is 35.5. The lowest BCUT2D eigenvalue weighted by Gasteiger charge is -2.28. The van der Waals surface area contributed by atoms with Crippen molar-refractivity contribution in [2.45, 2.75) is 52.9 Å². The van der Waals surface area contributed by atoms with E-state index in [2.05, 4.69) is 10.3 Å². The van der Waals surface area contributed by atoms with E-state index < -0.39 is 0 Å². The van der Waals surface area contributed by atoms with E-state index in [1.54, 1.807) is 29.4 Å². The lowest BCUT2D eigenvalue weighted by atomic mass is 10.2. The fourth-order valence-electron chi connectivity index (χ4n) is 2.46.